The van der Waals surface area contributed by atoms with Crippen molar-refractivity contribution in [3.8, 4) is 0 Å². The minimum atomic E-state index is -1.25. The predicted molar refractivity (Wildman–Crippen MR) is 102 cm³/mol. The molecule has 1 aliphatic heterocycles. The smallest absolute Gasteiger partial charge is 0.190 e. The van der Waals surface area contributed by atoms with Crippen molar-refractivity contribution in [2.24, 2.45) is 0 Å². The first-order valence-electron chi connectivity index (χ1n) is 9.81. The van der Waals surface area contributed by atoms with E-state index in [9.17, 15) is 25.2 Å². The molecule has 0 aromatic rings. The molecule has 0 radical (unpaired) electrons. The molecule has 2 aliphatic rings. The van der Waals surface area contributed by atoms with E-state index in [1.54, 1.807) is 13.8 Å². The van der Waals surface area contributed by atoms with E-state index < -0.39 is 29.5 Å². The highest BCUT2D eigenvalue weighted by Crippen LogP contribution is 2.39. The first-order valence-corrected chi connectivity index (χ1v) is 9.81. The molecule has 0 aromatic carbocycles. The molecule has 2 rings (SSSR count). The van der Waals surface area contributed by atoms with Crippen molar-refractivity contribution >= 4 is 5.78 Å². The van der Waals surface area contributed by atoms with Crippen LogP contribution in [0.2, 0.25) is 0 Å². The lowest BCUT2D eigenvalue weighted by Crippen LogP contribution is -2.44. The molecule has 0 saturated heterocycles. The number of ether oxygens (including phenoxy) is 1. The SMILES string of the molecule is CC(C)=CCCC(C)(O)C(O)CCC(C)(O)C1CC2=C(CCC(O)C2=O)O1. The molecule has 5 unspecified atom stereocenters. The van der Waals surface area contributed by atoms with E-state index in [0.717, 1.165) is 5.57 Å². The standard InChI is InChI=1S/C21H34O6/c1-13(2)6-5-10-20(3,25)17(23)9-11-21(4,26)18-12-14-16(27-18)8-7-15(22)19(14)24/h6,15,17-18,22-23,25-26H,5,7-12H2,1-4H3. The Morgan fingerprint density at radius 3 is 2.59 bits per heavy atom. The van der Waals surface area contributed by atoms with Gasteiger partial charge >= 0.3 is 0 Å². The van der Waals surface area contributed by atoms with Crippen LogP contribution in [0, 0.1) is 0 Å². The normalized spacial score (nSPS) is 28.1. The van der Waals surface area contributed by atoms with Crippen LogP contribution in [-0.4, -0.2) is 55.7 Å². The van der Waals surface area contributed by atoms with Crippen LogP contribution in [0.15, 0.2) is 23.0 Å². The molecule has 6 heteroatoms. The molecule has 0 amide bonds. The van der Waals surface area contributed by atoms with Crippen molar-refractivity contribution in [2.75, 3.05) is 0 Å². The fourth-order valence-corrected chi connectivity index (χ4v) is 3.70. The maximum atomic E-state index is 12.1. The minimum Gasteiger partial charge on any atom is -0.491 e. The van der Waals surface area contributed by atoms with Gasteiger partial charge < -0.3 is 25.2 Å². The van der Waals surface area contributed by atoms with E-state index in [1.807, 2.05) is 19.9 Å². The van der Waals surface area contributed by atoms with Crippen LogP contribution >= 0.6 is 0 Å². The highest BCUT2D eigenvalue weighted by Gasteiger charge is 2.44. The average Bonchev–Trinajstić information content (AvgIpc) is 3.01. The Kier molecular flexibility index (Phi) is 6.90. The lowest BCUT2D eigenvalue weighted by Gasteiger charge is -2.34. The minimum absolute atomic E-state index is 0.218. The molecule has 4 N–H and O–H groups in total. The molecule has 0 saturated carbocycles. The number of hydrogen-bond donors (Lipinski definition) is 4. The quantitative estimate of drug-likeness (QED) is 0.479. The first-order chi connectivity index (χ1) is 12.4. The zero-order valence-electron chi connectivity index (χ0n) is 16.9. The summed E-state index contributed by atoms with van der Waals surface area (Å²) in [5.41, 5.74) is -0.846. The summed E-state index contributed by atoms with van der Waals surface area (Å²) in [5.74, 6) is 0.265. The van der Waals surface area contributed by atoms with Crippen LogP contribution in [-0.2, 0) is 9.53 Å². The van der Waals surface area contributed by atoms with Crippen LogP contribution in [0.4, 0.5) is 0 Å². The second-order valence-corrected chi connectivity index (χ2v) is 8.72. The summed E-state index contributed by atoms with van der Waals surface area (Å²) in [6.07, 6.45) is 2.16. The lowest BCUT2D eigenvalue weighted by atomic mass is 9.83. The second-order valence-electron chi connectivity index (χ2n) is 8.72. The number of aliphatic hydroxyl groups excluding tert-OH is 2. The van der Waals surface area contributed by atoms with Crippen molar-refractivity contribution in [3.63, 3.8) is 0 Å². The molecular weight excluding hydrogens is 348 g/mol. The maximum Gasteiger partial charge on any atom is 0.190 e. The van der Waals surface area contributed by atoms with Crippen molar-refractivity contribution in [2.45, 2.75) is 102 Å². The Morgan fingerprint density at radius 2 is 1.96 bits per heavy atom. The van der Waals surface area contributed by atoms with Crippen LogP contribution in [0.1, 0.15) is 72.6 Å². The Balaban J connectivity index is 1.89. The van der Waals surface area contributed by atoms with Gasteiger partial charge in [-0.25, -0.2) is 0 Å². The van der Waals surface area contributed by atoms with Crippen LogP contribution in [0.25, 0.3) is 0 Å². The zero-order chi connectivity index (χ0) is 20.4. The number of Topliss-reactive ketones (excluding diaryl/α,β-unsaturated/α-hetero) is 1. The lowest BCUT2D eigenvalue weighted by molar-refractivity contribution is -0.124. The van der Waals surface area contributed by atoms with Gasteiger partial charge in [-0.1, -0.05) is 11.6 Å². The third-order valence-corrected chi connectivity index (χ3v) is 5.79. The van der Waals surface area contributed by atoms with Gasteiger partial charge in [0.15, 0.2) is 5.78 Å². The van der Waals surface area contributed by atoms with E-state index in [-0.39, 0.29) is 25.0 Å². The Hall–Kier alpha value is -1.21. The molecule has 0 fully saturated rings. The first kappa shape index (κ1) is 22.1. The fraction of sp³-hybridized carbons (Fsp3) is 0.762. The maximum absolute atomic E-state index is 12.1. The largest absolute Gasteiger partial charge is 0.491 e. The number of rotatable bonds is 8. The summed E-state index contributed by atoms with van der Waals surface area (Å²) in [7, 11) is 0. The van der Waals surface area contributed by atoms with Gasteiger partial charge in [0.25, 0.3) is 0 Å². The monoisotopic (exact) mass is 382 g/mol. The second kappa shape index (κ2) is 8.43. The number of ketones is 1. The average molecular weight is 382 g/mol. The highest BCUT2D eigenvalue weighted by molar-refractivity contribution is 6.00. The molecule has 0 spiro atoms. The Morgan fingerprint density at radius 1 is 1.30 bits per heavy atom. The van der Waals surface area contributed by atoms with E-state index in [1.165, 1.54) is 0 Å². The van der Waals surface area contributed by atoms with Gasteiger partial charge in [0.2, 0.25) is 0 Å². The van der Waals surface area contributed by atoms with Crippen molar-refractivity contribution in [1.82, 2.24) is 0 Å². The Labute approximate surface area is 161 Å². The number of aliphatic hydroxyl groups is 4. The molecule has 1 heterocycles. The highest BCUT2D eigenvalue weighted by atomic mass is 16.5. The van der Waals surface area contributed by atoms with E-state index in [0.29, 0.717) is 37.0 Å². The van der Waals surface area contributed by atoms with Crippen molar-refractivity contribution < 1.29 is 30.0 Å². The van der Waals surface area contributed by atoms with E-state index >= 15 is 0 Å². The molecular formula is C21H34O6. The topological polar surface area (TPSA) is 107 Å². The molecule has 5 atom stereocenters. The summed E-state index contributed by atoms with van der Waals surface area (Å²) < 4.78 is 5.80. The third kappa shape index (κ3) is 5.41. The molecule has 27 heavy (non-hydrogen) atoms. The van der Waals surface area contributed by atoms with Gasteiger partial charge in [-0.15, -0.1) is 0 Å². The van der Waals surface area contributed by atoms with Gasteiger partial charge in [0, 0.05) is 18.4 Å². The van der Waals surface area contributed by atoms with Gasteiger partial charge in [-0.2, -0.15) is 0 Å². The number of carbonyl (C=O) groups excluding carboxylic acids is 1. The zero-order valence-corrected chi connectivity index (χ0v) is 16.9. The van der Waals surface area contributed by atoms with Gasteiger partial charge in [0.1, 0.15) is 18.0 Å². The summed E-state index contributed by atoms with van der Waals surface area (Å²) in [4.78, 5) is 12.1. The van der Waals surface area contributed by atoms with Gasteiger partial charge in [-0.05, 0) is 59.8 Å². The molecule has 6 nitrogen and oxygen atoms in total. The summed E-state index contributed by atoms with van der Waals surface area (Å²) >= 11 is 0. The summed E-state index contributed by atoms with van der Waals surface area (Å²) in [6, 6.07) is 0. The van der Waals surface area contributed by atoms with Crippen molar-refractivity contribution in [3.05, 3.63) is 23.0 Å². The van der Waals surface area contributed by atoms with E-state index in [2.05, 4.69) is 0 Å². The summed E-state index contributed by atoms with van der Waals surface area (Å²) in [6.45, 7) is 7.21. The van der Waals surface area contributed by atoms with Crippen LogP contribution in [0.3, 0.4) is 0 Å². The molecule has 154 valence electrons. The third-order valence-electron chi connectivity index (χ3n) is 5.79. The number of hydrogen-bond acceptors (Lipinski definition) is 6. The predicted octanol–water partition coefficient (Wildman–Crippen LogP) is 2.14. The van der Waals surface area contributed by atoms with Gasteiger partial charge in [-0.3, -0.25) is 4.79 Å². The Bertz CT molecular complexity index is 612. The molecule has 0 aromatic heterocycles. The van der Waals surface area contributed by atoms with Gasteiger partial charge in [0.05, 0.1) is 17.3 Å². The number of carbonyl (C=O) groups is 1. The van der Waals surface area contributed by atoms with Crippen LogP contribution in [0.5, 0.6) is 0 Å². The number of allylic oxidation sites excluding steroid dienone is 3. The van der Waals surface area contributed by atoms with Crippen molar-refractivity contribution in [1.29, 1.82) is 0 Å². The summed E-state index contributed by atoms with van der Waals surface area (Å²) in [5, 5.41) is 41.5. The fourth-order valence-electron chi connectivity index (χ4n) is 3.70. The van der Waals surface area contributed by atoms with E-state index in [4.69, 9.17) is 4.74 Å². The molecule has 1 aliphatic carbocycles. The van der Waals surface area contributed by atoms with Crippen LogP contribution < -0.4 is 0 Å². The molecule has 0 bridgehead atoms.